The molecular formula is C12H22O11. The topological polar surface area (TPSA) is 190 Å². The molecule has 0 bridgehead atoms. The highest BCUT2D eigenvalue weighted by atomic mass is 16.8. The van der Waals surface area contributed by atoms with Gasteiger partial charge in [-0.3, -0.25) is 0 Å². The van der Waals surface area contributed by atoms with E-state index in [0.29, 0.717) is 0 Å². The maximum atomic E-state index is 9.84. The Hall–Kier alpha value is -0.440. The van der Waals surface area contributed by atoms with Crippen LogP contribution < -0.4 is 0 Å². The normalized spacial score (nSPS) is 51.7. The first-order valence-electron chi connectivity index (χ1n) is 7.08. The maximum Gasteiger partial charge on any atom is 0.189 e. The highest BCUT2D eigenvalue weighted by molar-refractivity contribution is 4.92. The van der Waals surface area contributed by atoms with Crippen LogP contribution in [0.25, 0.3) is 0 Å². The molecule has 2 heterocycles. The molecule has 8 N–H and O–H groups in total. The smallest absolute Gasteiger partial charge is 0.189 e. The number of ether oxygens (including phenoxy) is 3. The molecule has 0 aromatic heterocycles. The predicted molar refractivity (Wildman–Crippen MR) is 68.6 cm³/mol. The Labute approximate surface area is 130 Å². The van der Waals surface area contributed by atoms with Gasteiger partial charge in [0.25, 0.3) is 0 Å². The van der Waals surface area contributed by atoms with Gasteiger partial charge in [0.05, 0.1) is 13.2 Å². The lowest BCUT2D eigenvalue weighted by Gasteiger charge is -2.44. The Morgan fingerprint density at radius 3 is 1.22 bits per heavy atom. The highest BCUT2D eigenvalue weighted by Crippen LogP contribution is 2.27. The van der Waals surface area contributed by atoms with Crippen LogP contribution >= 0.6 is 0 Å². The molecule has 23 heavy (non-hydrogen) atoms. The van der Waals surface area contributed by atoms with Gasteiger partial charge in [-0.05, 0) is 0 Å². The monoisotopic (exact) mass is 342 g/mol. The summed E-state index contributed by atoms with van der Waals surface area (Å²) in [5, 5.41) is 76.4. The van der Waals surface area contributed by atoms with E-state index in [0.717, 1.165) is 0 Å². The van der Waals surface area contributed by atoms with E-state index in [1.807, 2.05) is 0 Å². The average molecular weight is 342 g/mol. The van der Waals surface area contributed by atoms with Crippen molar-refractivity contribution < 1.29 is 55.1 Å². The van der Waals surface area contributed by atoms with Crippen LogP contribution in [0.5, 0.6) is 0 Å². The summed E-state index contributed by atoms with van der Waals surface area (Å²) in [6, 6.07) is 0. The molecule has 2 aliphatic rings. The van der Waals surface area contributed by atoms with E-state index >= 15 is 0 Å². The molecular weight excluding hydrogens is 320 g/mol. The van der Waals surface area contributed by atoms with Crippen molar-refractivity contribution in [1.82, 2.24) is 0 Å². The van der Waals surface area contributed by atoms with Crippen LogP contribution in [0.1, 0.15) is 0 Å². The molecule has 2 fully saturated rings. The molecule has 10 atom stereocenters. The van der Waals surface area contributed by atoms with Gasteiger partial charge in [0.15, 0.2) is 12.6 Å². The zero-order valence-electron chi connectivity index (χ0n) is 12.0. The summed E-state index contributed by atoms with van der Waals surface area (Å²) in [5.74, 6) is 0. The Bertz CT molecular complexity index is 344. The lowest BCUT2D eigenvalue weighted by Crippen LogP contribution is -2.63. The molecule has 0 aromatic carbocycles. The largest absolute Gasteiger partial charge is 0.394 e. The lowest BCUT2D eigenvalue weighted by atomic mass is 9.98. The molecule has 0 spiro atoms. The fraction of sp³-hybridized carbons (Fsp3) is 1.00. The molecule has 2 rings (SSSR count). The quantitative estimate of drug-likeness (QED) is 0.243. The minimum Gasteiger partial charge on any atom is -0.394 e. The molecule has 136 valence electrons. The Morgan fingerprint density at radius 2 is 0.913 bits per heavy atom. The number of aliphatic hydroxyl groups is 8. The van der Waals surface area contributed by atoms with Crippen molar-refractivity contribution in [2.45, 2.75) is 61.4 Å². The van der Waals surface area contributed by atoms with Crippen molar-refractivity contribution >= 4 is 0 Å². The molecule has 0 aromatic rings. The van der Waals surface area contributed by atoms with E-state index in [1.54, 1.807) is 0 Å². The van der Waals surface area contributed by atoms with E-state index in [4.69, 9.17) is 24.4 Å². The molecule has 2 aliphatic heterocycles. The molecule has 0 radical (unpaired) electrons. The first kappa shape index (κ1) is 18.9. The van der Waals surface area contributed by atoms with Crippen molar-refractivity contribution in [2.24, 2.45) is 0 Å². The third-order valence-electron chi connectivity index (χ3n) is 3.97. The summed E-state index contributed by atoms with van der Waals surface area (Å²) in [6.45, 7) is -1.33. The van der Waals surface area contributed by atoms with Crippen LogP contribution in [0.3, 0.4) is 0 Å². The molecule has 0 amide bonds. The van der Waals surface area contributed by atoms with Crippen LogP contribution in [0.15, 0.2) is 0 Å². The van der Waals surface area contributed by atoms with Crippen LogP contribution in [-0.4, -0.2) is 115 Å². The SMILES string of the molecule is OC[C@H]1O[C@@H](OC2O[C@H](CO)[C@@H](O)[C@H](O)[C@@H]2O)[C@H](O)[C@@H](O)[C@H]1O. The van der Waals surface area contributed by atoms with Gasteiger partial charge in [0.2, 0.25) is 0 Å². The van der Waals surface area contributed by atoms with Gasteiger partial charge >= 0.3 is 0 Å². The number of hydrogen-bond acceptors (Lipinski definition) is 11. The van der Waals surface area contributed by atoms with Crippen LogP contribution in [0, 0.1) is 0 Å². The van der Waals surface area contributed by atoms with Crippen molar-refractivity contribution in [1.29, 1.82) is 0 Å². The summed E-state index contributed by atoms with van der Waals surface area (Å²) in [4.78, 5) is 0. The van der Waals surface area contributed by atoms with Crippen LogP contribution in [0.2, 0.25) is 0 Å². The first-order valence-corrected chi connectivity index (χ1v) is 7.08. The zero-order chi connectivity index (χ0) is 17.3. The van der Waals surface area contributed by atoms with Crippen molar-refractivity contribution in [3.63, 3.8) is 0 Å². The van der Waals surface area contributed by atoms with E-state index in [-0.39, 0.29) is 0 Å². The van der Waals surface area contributed by atoms with Crippen molar-refractivity contribution in [2.75, 3.05) is 13.2 Å². The average Bonchev–Trinajstić information content (AvgIpc) is 2.55. The Balaban J connectivity index is 2.07. The van der Waals surface area contributed by atoms with E-state index in [9.17, 15) is 30.6 Å². The summed E-state index contributed by atoms with van der Waals surface area (Å²) >= 11 is 0. The fourth-order valence-electron chi connectivity index (χ4n) is 2.49. The van der Waals surface area contributed by atoms with Crippen molar-refractivity contribution in [3.8, 4) is 0 Å². The van der Waals surface area contributed by atoms with E-state index < -0.39 is 74.6 Å². The molecule has 11 heteroatoms. The van der Waals surface area contributed by atoms with Crippen LogP contribution in [-0.2, 0) is 14.2 Å². The predicted octanol–water partition coefficient (Wildman–Crippen LogP) is -5.40. The summed E-state index contributed by atoms with van der Waals surface area (Å²) in [7, 11) is 0. The minimum absolute atomic E-state index is 0.667. The van der Waals surface area contributed by atoms with Gasteiger partial charge in [-0.2, -0.15) is 0 Å². The zero-order valence-corrected chi connectivity index (χ0v) is 12.0. The van der Waals surface area contributed by atoms with Gasteiger partial charge < -0.3 is 55.1 Å². The molecule has 11 nitrogen and oxygen atoms in total. The second kappa shape index (κ2) is 7.63. The fourth-order valence-corrected chi connectivity index (χ4v) is 2.49. The van der Waals surface area contributed by atoms with Gasteiger partial charge in [-0.1, -0.05) is 0 Å². The highest BCUT2D eigenvalue weighted by Gasteiger charge is 2.49. The maximum absolute atomic E-state index is 9.84. The second-order valence-corrected chi connectivity index (χ2v) is 5.53. The van der Waals surface area contributed by atoms with Gasteiger partial charge in [0.1, 0.15) is 48.8 Å². The third-order valence-corrected chi connectivity index (χ3v) is 3.97. The number of hydrogen-bond donors (Lipinski definition) is 8. The van der Waals surface area contributed by atoms with E-state index in [1.165, 1.54) is 0 Å². The lowest BCUT2D eigenvalue weighted by molar-refractivity contribution is -0.376. The third kappa shape index (κ3) is 3.65. The van der Waals surface area contributed by atoms with Crippen LogP contribution in [0.4, 0.5) is 0 Å². The van der Waals surface area contributed by atoms with Gasteiger partial charge in [0, 0.05) is 0 Å². The van der Waals surface area contributed by atoms with Gasteiger partial charge in [-0.25, -0.2) is 0 Å². The molecule has 1 unspecified atom stereocenters. The number of rotatable bonds is 4. The first-order chi connectivity index (χ1) is 10.8. The summed E-state index contributed by atoms with van der Waals surface area (Å²) in [6.07, 6.45) is -15.6. The van der Waals surface area contributed by atoms with E-state index in [2.05, 4.69) is 0 Å². The summed E-state index contributed by atoms with van der Waals surface area (Å²) < 4.78 is 15.3. The molecule has 2 saturated heterocycles. The minimum atomic E-state index is -1.72. The Kier molecular flexibility index (Phi) is 6.27. The van der Waals surface area contributed by atoms with Gasteiger partial charge in [-0.15, -0.1) is 0 Å². The standard InChI is InChI=1S/C12H22O11/c13-1-3-5(15)7(17)9(19)11(21-3)23-12-10(20)8(18)6(16)4(2-14)22-12/h3-20H,1-2H2/t3-,4-,5-,6+,7+,8+,9+,10-,11?,12+/m1/s1. The summed E-state index contributed by atoms with van der Waals surface area (Å²) in [5.41, 5.74) is 0. The molecule has 0 saturated carbocycles. The van der Waals surface area contributed by atoms with Crippen molar-refractivity contribution in [3.05, 3.63) is 0 Å². The number of aliphatic hydroxyl groups excluding tert-OH is 8. The Morgan fingerprint density at radius 1 is 0.565 bits per heavy atom. The second-order valence-electron chi connectivity index (χ2n) is 5.53. The molecule has 0 aliphatic carbocycles.